The number of carbonyl (C=O) groups is 1. The molecule has 0 bridgehead atoms. The summed E-state index contributed by atoms with van der Waals surface area (Å²) in [6.45, 7) is 1.91. The highest BCUT2D eigenvalue weighted by Crippen LogP contribution is 2.35. The Morgan fingerprint density at radius 1 is 0.953 bits per heavy atom. The molecule has 0 saturated carbocycles. The van der Waals surface area contributed by atoms with Crippen molar-refractivity contribution < 1.29 is 13.9 Å². The van der Waals surface area contributed by atoms with E-state index in [-0.39, 0.29) is 11.7 Å². The Bertz CT molecular complexity index is 1960. The fraction of sp³-hybridized carbons (Fsp3) is 0.219. The van der Waals surface area contributed by atoms with Crippen molar-refractivity contribution in [1.29, 1.82) is 0 Å². The summed E-state index contributed by atoms with van der Waals surface area (Å²) in [6.07, 6.45) is 11.1. The van der Waals surface area contributed by atoms with E-state index in [0.29, 0.717) is 40.7 Å². The van der Waals surface area contributed by atoms with Crippen LogP contribution in [0.1, 0.15) is 19.3 Å². The number of H-pyrrole nitrogens is 2. The molecule has 1 saturated heterocycles. The van der Waals surface area contributed by atoms with Gasteiger partial charge in [0.1, 0.15) is 17.3 Å². The van der Waals surface area contributed by atoms with E-state index in [4.69, 9.17) is 4.74 Å². The summed E-state index contributed by atoms with van der Waals surface area (Å²) in [6, 6.07) is 10.4. The summed E-state index contributed by atoms with van der Waals surface area (Å²) in [5, 5.41) is 15.7. The predicted molar refractivity (Wildman–Crippen MR) is 163 cm³/mol. The number of nitrogens with zero attached hydrogens (tertiary/aromatic N) is 4. The van der Waals surface area contributed by atoms with Crippen molar-refractivity contribution in [3.8, 4) is 39.5 Å². The molecule has 6 heterocycles. The first-order chi connectivity index (χ1) is 21.0. The van der Waals surface area contributed by atoms with Gasteiger partial charge in [-0.25, -0.2) is 4.39 Å². The van der Waals surface area contributed by atoms with Crippen molar-refractivity contribution in [1.82, 2.24) is 35.5 Å². The lowest BCUT2D eigenvalue weighted by Crippen LogP contribution is -2.30. The zero-order valence-corrected chi connectivity index (χ0v) is 23.4. The zero-order chi connectivity index (χ0) is 29.3. The van der Waals surface area contributed by atoms with Crippen LogP contribution in [0.15, 0.2) is 67.4 Å². The van der Waals surface area contributed by atoms with Crippen molar-refractivity contribution in [2.45, 2.75) is 19.3 Å². The van der Waals surface area contributed by atoms with Gasteiger partial charge >= 0.3 is 0 Å². The number of rotatable bonds is 7. The molecule has 0 spiro atoms. The summed E-state index contributed by atoms with van der Waals surface area (Å²) < 4.78 is 19.6. The van der Waals surface area contributed by atoms with E-state index in [1.165, 1.54) is 19.2 Å². The molecule has 11 heteroatoms. The maximum atomic E-state index is 14.3. The van der Waals surface area contributed by atoms with Gasteiger partial charge in [-0.1, -0.05) is 0 Å². The van der Waals surface area contributed by atoms with Crippen molar-refractivity contribution in [2.24, 2.45) is 5.92 Å². The Morgan fingerprint density at radius 3 is 2.67 bits per heavy atom. The second-order valence-corrected chi connectivity index (χ2v) is 10.8. The smallest absolute Gasteiger partial charge is 0.224 e. The number of aromatic amines is 2. The Hall–Kier alpha value is -5.16. The van der Waals surface area contributed by atoms with E-state index < -0.39 is 0 Å². The third-order valence-corrected chi connectivity index (χ3v) is 7.92. The molecular formula is C32H29FN8O2. The quantitative estimate of drug-likeness (QED) is 0.191. The summed E-state index contributed by atoms with van der Waals surface area (Å²) >= 11 is 0. The highest BCUT2D eigenvalue weighted by atomic mass is 19.1. The summed E-state index contributed by atoms with van der Waals surface area (Å²) in [4.78, 5) is 29.5. The molecule has 4 N–H and O–H groups in total. The van der Waals surface area contributed by atoms with Gasteiger partial charge in [0.2, 0.25) is 5.91 Å². The van der Waals surface area contributed by atoms with E-state index in [2.05, 4.69) is 40.8 Å². The maximum absolute atomic E-state index is 14.3. The lowest BCUT2D eigenvalue weighted by Gasteiger charge is -2.21. The standard InChI is InChI=1S/C32H29FN8O2/c1-43-23-9-19(7-21(33)10-23)26-15-36-16-29-24(26)11-28(39-29)32-25-12-27(37-17-30(25)40-41-32)20-8-22(14-35-13-20)38-31(42)6-18-2-4-34-5-3-18/h7-18,34,39H,2-6H2,1H3,(H,38,42)(H,40,41). The molecule has 0 atom stereocenters. The van der Waals surface area contributed by atoms with E-state index in [1.54, 1.807) is 37.1 Å². The Labute approximate surface area is 246 Å². The summed E-state index contributed by atoms with van der Waals surface area (Å²) in [5.41, 5.74) is 6.57. The van der Waals surface area contributed by atoms with Crippen LogP contribution in [0.25, 0.3) is 55.6 Å². The molecule has 1 aliphatic rings. The number of aromatic nitrogens is 6. The van der Waals surface area contributed by atoms with Crippen LogP contribution in [0.3, 0.4) is 0 Å². The van der Waals surface area contributed by atoms with Crippen molar-refractivity contribution in [2.75, 3.05) is 25.5 Å². The predicted octanol–water partition coefficient (Wildman–Crippen LogP) is 5.71. The molecule has 43 heavy (non-hydrogen) atoms. The molecule has 7 rings (SSSR count). The average molecular weight is 577 g/mol. The number of nitrogens with one attached hydrogen (secondary N) is 4. The molecule has 0 aliphatic carbocycles. The van der Waals surface area contributed by atoms with Gasteiger partial charge in [-0.3, -0.25) is 24.8 Å². The lowest BCUT2D eigenvalue weighted by molar-refractivity contribution is -0.117. The van der Waals surface area contributed by atoms with Crippen LogP contribution in [-0.4, -0.2) is 56.2 Å². The summed E-state index contributed by atoms with van der Waals surface area (Å²) in [5.74, 6) is 0.436. The van der Waals surface area contributed by atoms with Crippen LogP contribution in [0.5, 0.6) is 5.75 Å². The van der Waals surface area contributed by atoms with Crippen LogP contribution in [0.2, 0.25) is 0 Å². The monoisotopic (exact) mass is 576 g/mol. The second-order valence-electron chi connectivity index (χ2n) is 10.8. The first-order valence-corrected chi connectivity index (χ1v) is 14.2. The zero-order valence-electron chi connectivity index (χ0n) is 23.4. The Kier molecular flexibility index (Phi) is 6.99. The number of fused-ring (bicyclic) bond motifs is 2. The highest BCUT2D eigenvalue weighted by molar-refractivity contribution is 6.01. The van der Waals surface area contributed by atoms with Crippen LogP contribution in [-0.2, 0) is 4.79 Å². The number of methoxy groups -OCH3 is 1. The SMILES string of the molecule is COc1cc(F)cc(-c2cncc3[nH]c(-c4n[nH]c5cnc(-c6cncc(NC(=O)CC7CCNCC7)c6)cc45)cc23)c1. The van der Waals surface area contributed by atoms with Gasteiger partial charge < -0.3 is 20.4 Å². The number of hydrogen-bond acceptors (Lipinski definition) is 7. The van der Waals surface area contributed by atoms with Crippen molar-refractivity contribution >= 4 is 33.4 Å². The number of halogens is 1. The minimum absolute atomic E-state index is 0.00395. The van der Waals surface area contributed by atoms with Gasteiger partial charge in [0.25, 0.3) is 0 Å². The van der Waals surface area contributed by atoms with E-state index in [0.717, 1.165) is 64.6 Å². The molecule has 1 amide bonds. The minimum atomic E-state index is -0.389. The summed E-state index contributed by atoms with van der Waals surface area (Å²) in [7, 11) is 1.51. The van der Waals surface area contributed by atoms with Crippen LogP contribution in [0.4, 0.5) is 10.1 Å². The van der Waals surface area contributed by atoms with E-state index >= 15 is 0 Å². The van der Waals surface area contributed by atoms with Gasteiger partial charge in [-0.05, 0) is 67.7 Å². The lowest BCUT2D eigenvalue weighted by atomic mass is 9.94. The largest absolute Gasteiger partial charge is 0.497 e. The maximum Gasteiger partial charge on any atom is 0.224 e. The number of hydrogen-bond donors (Lipinski definition) is 4. The number of anilines is 1. The third kappa shape index (κ3) is 5.42. The van der Waals surface area contributed by atoms with E-state index in [1.807, 2.05) is 18.2 Å². The molecule has 6 aromatic rings. The average Bonchev–Trinajstić information content (AvgIpc) is 3.65. The third-order valence-electron chi connectivity index (χ3n) is 7.92. The molecular weight excluding hydrogens is 547 g/mol. The van der Waals surface area contributed by atoms with Crippen LogP contribution < -0.4 is 15.4 Å². The number of benzene rings is 1. The first-order valence-electron chi connectivity index (χ1n) is 14.2. The van der Waals surface area contributed by atoms with Crippen molar-refractivity contribution in [3.05, 3.63) is 73.2 Å². The fourth-order valence-electron chi connectivity index (χ4n) is 5.73. The molecule has 216 valence electrons. The number of pyridine rings is 3. The Balaban J connectivity index is 1.20. The van der Waals surface area contributed by atoms with Gasteiger partial charge in [-0.2, -0.15) is 5.10 Å². The molecule has 1 aromatic carbocycles. The number of piperidine rings is 1. The van der Waals surface area contributed by atoms with Crippen LogP contribution >= 0.6 is 0 Å². The topological polar surface area (TPSA) is 134 Å². The van der Waals surface area contributed by atoms with Gasteiger partial charge in [0, 0.05) is 46.8 Å². The molecule has 0 unspecified atom stereocenters. The van der Waals surface area contributed by atoms with Crippen LogP contribution in [0, 0.1) is 11.7 Å². The first kappa shape index (κ1) is 26.7. The normalized spacial score (nSPS) is 13.9. The van der Waals surface area contributed by atoms with E-state index in [9.17, 15) is 9.18 Å². The second kappa shape index (κ2) is 11.3. The highest BCUT2D eigenvalue weighted by Gasteiger charge is 2.18. The number of ether oxygens (including phenoxy) is 1. The van der Waals surface area contributed by atoms with Crippen molar-refractivity contribution in [3.63, 3.8) is 0 Å². The van der Waals surface area contributed by atoms with Gasteiger partial charge in [-0.15, -0.1) is 0 Å². The molecule has 10 nitrogen and oxygen atoms in total. The molecule has 1 fully saturated rings. The minimum Gasteiger partial charge on any atom is -0.497 e. The number of carbonyl (C=O) groups excluding carboxylic acids is 1. The van der Waals surface area contributed by atoms with Gasteiger partial charge in [0.05, 0.1) is 53.8 Å². The number of amides is 1. The molecule has 1 aliphatic heterocycles. The molecule has 0 radical (unpaired) electrons. The fourth-order valence-corrected chi connectivity index (χ4v) is 5.73. The van der Waals surface area contributed by atoms with Gasteiger partial charge in [0.15, 0.2) is 0 Å². The Morgan fingerprint density at radius 2 is 1.81 bits per heavy atom. The molecule has 5 aromatic heterocycles.